The van der Waals surface area contributed by atoms with Gasteiger partial charge in [0.15, 0.2) is 0 Å². The van der Waals surface area contributed by atoms with Crippen molar-refractivity contribution in [3.05, 3.63) is 137 Å². The van der Waals surface area contributed by atoms with E-state index in [1.54, 1.807) is 16.8 Å². The molecule has 5 rings (SSSR count). The Hall–Kier alpha value is -5.32. The number of carbonyl (C=O) groups excluding carboxylic acids is 2. The summed E-state index contributed by atoms with van der Waals surface area (Å²) in [5, 5.41) is 14.5. The predicted molar refractivity (Wildman–Crippen MR) is 267 cm³/mol. The van der Waals surface area contributed by atoms with Crippen LogP contribution in [-0.2, 0) is 43.2 Å². The number of allylic oxidation sites excluding steroid dienone is 2. The molecule has 3 atom stereocenters. The van der Waals surface area contributed by atoms with Gasteiger partial charge in [0.1, 0.15) is 24.1 Å². The van der Waals surface area contributed by atoms with E-state index in [4.69, 9.17) is 23.7 Å². The van der Waals surface area contributed by atoms with Crippen molar-refractivity contribution in [2.45, 2.75) is 64.1 Å². The number of nitrogens with one attached hydrogen (secondary N) is 2. The first-order chi connectivity index (χ1) is 32.7. The lowest BCUT2D eigenvalue weighted by molar-refractivity contribution is -0.141. The highest BCUT2D eigenvalue weighted by Crippen LogP contribution is 2.41. The number of anilines is 1. The molecule has 1 aromatic heterocycles. The minimum atomic E-state index is -0.748. The Bertz CT molecular complexity index is 2110. The minimum absolute atomic E-state index is 0.00583. The zero-order chi connectivity index (χ0) is 47.6. The number of aryl methyl sites for hydroxylation is 1. The SMILES string of the molecule is C=C/C=C(\C=C)CNC(=O)C(c1ccc(Br)cc1)N(C(=O)CCc1ccc(OCCCCN(C)CCOCCOCCc2cn(CCOCCOc3ccc(NC)cc3)nn2)cc1)C1CC1C. The number of hydrogen-bond acceptors (Lipinski definition) is 11. The molecule has 0 aliphatic heterocycles. The average molecular weight is 985 g/mol. The fraction of sp³-hybridized carbons (Fsp3) is 0.462. The van der Waals surface area contributed by atoms with E-state index < -0.39 is 6.04 Å². The van der Waals surface area contributed by atoms with Gasteiger partial charge in [-0.1, -0.05) is 83.7 Å². The van der Waals surface area contributed by atoms with Gasteiger partial charge in [-0.15, -0.1) is 5.10 Å². The molecule has 1 saturated carbocycles. The van der Waals surface area contributed by atoms with Crippen LogP contribution in [0.1, 0.15) is 55.5 Å². The van der Waals surface area contributed by atoms with Gasteiger partial charge in [-0.3, -0.25) is 9.59 Å². The molecule has 1 aliphatic carbocycles. The van der Waals surface area contributed by atoms with Crippen molar-refractivity contribution in [2.75, 3.05) is 91.9 Å². The Kier molecular flexibility index (Phi) is 23.1. The first-order valence-electron chi connectivity index (χ1n) is 23.4. The molecular formula is C52H70BrN7O7. The molecule has 15 heteroatoms. The maximum atomic E-state index is 14.0. The number of amides is 2. The summed E-state index contributed by atoms with van der Waals surface area (Å²) >= 11 is 3.50. The second-order valence-electron chi connectivity index (χ2n) is 16.6. The second kappa shape index (κ2) is 29.4. The van der Waals surface area contributed by atoms with E-state index in [1.165, 1.54) is 0 Å². The molecule has 4 aromatic rings. The van der Waals surface area contributed by atoms with Crippen LogP contribution in [0.2, 0.25) is 0 Å². The first kappa shape index (κ1) is 52.6. The highest BCUT2D eigenvalue weighted by atomic mass is 79.9. The molecule has 1 heterocycles. The quantitative estimate of drug-likeness (QED) is 0.0349. The second-order valence-corrected chi connectivity index (χ2v) is 17.5. The van der Waals surface area contributed by atoms with Crippen molar-refractivity contribution < 1.29 is 33.3 Å². The van der Waals surface area contributed by atoms with Gasteiger partial charge in [0.05, 0.1) is 58.5 Å². The van der Waals surface area contributed by atoms with Crippen LogP contribution in [0.3, 0.4) is 0 Å². The van der Waals surface area contributed by atoms with Gasteiger partial charge in [0.2, 0.25) is 11.8 Å². The summed E-state index contributed by atoms with van der Waals surface area (Å²) in [6.45, 7) is 16.8. The topological polar surface area (TPSA) is 142 Å². The van der Waals surface area contributed by atoms with Gasteiger partial charge in [-0.05, 0) is 110 Å². The van der Waals surface area contributed by atoms with Crippen molar-refractivity contribution in [1.82, 2.24) is 30.1 Å². The third-order valence-corrected chi connectivity index (χ3v) is 11.9. The molecule has 3 unspecified atom stereocenters. The molecule has 0 saturated heterocycles. The number of hydrogen-bond donors (Lipinski definition) is 2. The molecule has 14 nitrogen and oxygen atoms in total. The Morgan fingerprint density at radius 2 is 1.52 bits per heavy atom. The molecule has 362 valence electrons. The van der Waals surface area contributed by atoms with Crippen LogP contribution in [0, 0.1) is 5.92 Å². The summed E-state index contributed by atoms with van der Waals surface area (Å²) in [6.07, 6.45) is 11.5. The summed E-state index contributed by atoms with van der Waals surface area (Å²) in [4.78, 5) is 32.0. The average Bonchev–Trinajstić information content (AvgIpc) is 3.88. The number of halogens is 1. The van der Waals surface area contributed by atoms with E-state index in [0.29, 0.717) is 91.1 Å². The van der Waals surface area contributed by atoms with Gasteiger partial charge in [0.25, 0.3) is 0 Å². The summed E-state index contributed by atoms with van der Waals surface area (Å²) in [5.41, 5.74) is 4.58. The number of unbranched alkanes of at least 4 members (excludes halogenated alkanes) is 1. The highest BCUT2D eigenvalue weighted by Gasteiger charge is 2.46. The summed E-state index contributed by atoms with van der Waals surface area (Å²) in [5.74, 6) is 1.69. The van der Waals surface area contributed by atoms with Crippen LogP contribution in [-0.4, -0.2) is 129 Å². The third-order valence-electron chi connectivity index (χ3n) is 11.4. The van der Waals surface area contributed by atoms with Gasteiger partial charge >= 0.3 is 0 Å². The molecule has 67 heavy (non-hydrogen) atoms. The molecule has 0 spiro atoms. The molecule has 0 radical (unpaired) electrons. The van der Waals surface area contributed by atoms with E-state index in [0.717, 1.165) is 76.4 Å². The lowest BCUT2D eigenvalue weighted by atomic mass is 10.0. The van der Waals surface area contributed by atoms with Gasteiger partial charge in [0, 0.05) is 55.4 Å². The van der Waals surface area contributed by atoms with Crippen molar-refractivity contribution in [3.63, 3.8) is 0 Å². The maximum Gasteiger partial charge on any atom is 0.247 e. The molecule has 1 fully saturated rings. The monoisotopic (exact) mass is 983 g/mol. The molecular weight excluding hydrogens is 915 g/mol. The molecule has 0 bridgehead atoms. The van der Waals surface area contributed by atoms with E-state index in [1.807, 2.05) is 97.0 Å². The Balaban J connectivity index is 0.889. The third kappa shape index (κ3) is 19.1. The standard InChI is InChI=1S/C52H70BrN7O7/c1-6-10-41(7-2)38-55-52(62)51(43-14-16-44(53)17-15-43)60(49-37-40(49)3)50(61)24-13-42-11-20-47(21-12-42)66-29-9-8-26-58(5)27-31-64-34-33-63-30-25-46-39-59(57-56-46)28-32-65-35-36-67-48-22-18-45(54-4)19-23-48/h6-7,10-12,14-23,39-40,49,51,54H,1-2,8-9,13,24-38H2,3-5H3,(H,55,62)/b41-10+. The van der Waals surface area contributed by atoms with Gasteiger partial charge in [-0.2, -0.15) is 0 Å². The zero-order valence-electron chi connectivity index (χ0n) is 39.6. The normalized spacial score (nSPS) is 14.9. The highest BCUT2D eigenvalue weighted by molar-refractivity contribution is 9.10. The molecule has 2 N–H and O–H groups in total. The number of ether oxygens (including phenoxy) is 5. The Labute approximate surface area is 405 Å². The summed E-state index contributed by atoms with van der Waals surface area (Å²) < 4.78 is 31.7. The van der Waals surface area contributed by atoms with Crippen LogP contribution >= 0.6 is 15.9 Å². The molecule has 3 aromatic carbocycles. The maximum absolute atomic E-state index is 14.0. The van der Waals surface area contributed by atoms with Crippen LogP contribution in [0.25, 0.3) is 0 Å². The predicted octanol–water partition coefficient (Wildman–Crippen LogP) is 7.87. The van der Waals surface area contributed by atoms with E-state index in [-0.39, 0.29) is 17.9 Å². The summed E-state index contributed by atoms with van der Waals surface area (Å²) in [6, 6.07) is 22.7. The van der Waals surface area contributed by atoms with Crippen LogP contribution in [0.5, 0.6) is 11.5 Å². The molecule has 1 aliphatic rings. The van der Waals surface area contributed by atoms with E-state index in [9.17, 15) is 9.59 Å². The van der Waals surface area contributed by atoms with Crippen LogP contribution < -0.4 is 20.1 Å². The van der Waals surface area contributed by atoms with Gasteiger partial charge in [-0.25, -0.2) is 4.68 Å². The lowest BCUT2D eigenvalue weighted by Crippen LogP contribution is -2.45. The Morgan fingerprint density at radius 1 is 0.851 bits per heavy atom. The molecule has 2 amide bonds. The van der Waals surface area contributed by atoms with Crippen LogP contribution in [0.15, 0.2) is 120 Å². The fourth-order valence-electron chi connectivity index (χ4n) is 7.33. The number of nitrogens with zero attached hydrogens (tertiary/aromatic N) is 5. The van der Waals surface area contributed by atoms with Crippen molar-refractivity contribution >= 4 is 33.4 Å². The van der Waals surface area contributed by atoms with E-state index in [2.05, 4.69) is 68.9 Å². The van der Waals surface area contributed by atoms with Crippen molar-refractivity contribution in [2.24, 2.45) is 5.92 Å². The number of rotatable bonds is 34. The lowest BCUT2D eigenvalue weighted by Gasteiger charge is -2.32. The zero-order valence-corrected chi connectivity index (χ0v) is 41.2. The largest absolute Gasteiger partial charge is 0.494 e. The van der Waals surface area contributed by atoms with E-state index >= 15 is 0 Å². The number of benzene rings is 3. The minimum Gasteiger partial charge on any atom is -0.494 e. The smallest absolute Gasteiger partial charge is 0.247 e. The number of aromatic nitrogens is 3. The Morgan fingerprint density at radius 3 is 2.21 bits per heavy atom. The van der Waals surface area contributed by atoms with Gasteiger partial charge < -0.3 is 44.1 Å². The van der Waals surface area contributed by atoms with Crippen molar-refractivity contribution in [3.8, 4) is 11.5 Å². The van der Waals surface area contributed by atoms with Crippen molar-refractivity contribution in [1.29, 1.82) is 0 Å². The first-order valence-corrected chi connectivity index (χ1v) is 24.2. The summed E-state index contributed by atoms with van der Waals surface area (Å²) in [7, 11) is 3.99. The fourth-order valence-corrected chi connectivity index (χ4v) is 7.59. The number of carbonyl (C=O) groups is 2. The van der Waals surface area contributed by atoms with Crippen LogP contribution in [0.4, 0.5) is 5.69 Å². The number of likely N-dealkylation sites (N-methyl/N-ethyl adjacent to an activating group) is 1.